The van der Waals surface area contributed by atoms with E-state index in [0.29, 0.717) is 5.69 Å². The van der Waals surface area contributed by atoms with Gasteiger partial charge in [-0.1, -0.05) is 47.6 Å². The minimum Gasteiger partial charge on any atom is -0.507 e. The summed E-state index contributed by atoms with van der Waals surface area (Å²) in [5.41, 5.74) is 1.41. The van der Waals surface area contributed by atoms with Gasteiger partial charge in [0.1, 0.15) is 5.75 Å². The second kappa shape index (κ2) is 7.02. The third-order valence-electron chi connectivity index (χ3n) is 4.30. The monoisotopic (exact) mass is 370 g/mol. The Morgan fingerprint density at radius 3 is 1.96 bits per heavy atom. The van der Waals surface area contributed by atoms with Crippen molar-refractivity contribution in [3.8, 4) is 5.75 Å². The summed E-state index contributed by atoms with van der Waals surface area (Å²) in [6, 6.07) is 9.08. The first-order chi connectivity index (χ1) is 12.3. The summed E-state index contributed by atoms with van der Waals surface area (Å²) in [6.07, 6.45) is 0. The first-order valence-corrected chi connectivity index (χ1v) is 8.74. The molecule has 0 fully saturated rings. The molecule has 2 aromatic carbocycles. The van der Waals surface area contributed by atoms with E-state index in [1.54, 1.807) is 12.1 Å². The zero-order chi connectivity index (χ0) is 20.6. The molecule has 27 heavy (non-hydrogen) atoms. The van der Waals surface area contributed by atoms with E-state index in [0.717, 1.165) is 11.1 Å². The first kappa shape index (κ1) is 20.4. The van der Waals surface area contributed by atoms with Crippen LogP contribution >= 0.6 is 0 Å². The van der Waals surface area contributed by atoms with Crippen molar-refractivity contribution in [3.05, 3.63) is 63.2 Å². The van der Waals surface area contributed by atoms with Gasteiger partial charge in [-0.15, -0.1) is 0 Å². The maximum absolute atomic E-state index is 12.6. The Morgan fingerprint density at radius 2 is 1.52 bits per heavy atom. The van der Waals surface area contributed by atoms with Crippen molar-refractivity contribution in [2.75, 3.05) is 5.32 Å². The molecule has 0 saturated heterocycles. The molecule has 0 atom stereocenters. The fourth-order valence-electron chi connectivity index (χ4n) is 2.81. The summed E-state index contributed by atoms with van der Waals surface area (Å²) in [6.45, 7) is 11.9. The number of nitrogens with one attached hydrogen (secondary N) is 1. The molecule has 2 N–H and O–H groups in total. The van der Waals surface area contributed by atoms with Gasteiger partial charge in [-0.25, -0.2) is 0 Å². The lowest BCUT2D eigenvalue weighted by atomic mass is 9.79. The highest BCUT2D eigenvalue weighted by Gasteiger charge is 2.27. The van der Waals surface area contributed by atoms with Crippen molar-refractivity contribution in [1.82, 2.24) is 0 Å². The zero-order valence-electron chi connectivity index (χ0n) is 16.6. The van der Waals surface area contributed by atoms with Crippen molar-refractivity contribution in [2.45, 2.75) is 52.4 Å². The van der Waals surface area contributed by atoms with Crippen LogP contribution in [-0.4, -0.2) is 15.9 Å². The van der Waals surface area contributed by atoms with Crippen molar-refractivity contribution in [1.29, 1.82) is 0 Å². The molecule has 6 nitrogen and oxygen atoms in total. The van der Waals surface area contributed by atoms with Crippen molar-refractivity contribution in [2.24, 2.45) is 0 Å². The average Bonchev–Trinajstić information content (AvgIpc) is 2.54. The normalized spacial score (nSPS) is 11.9. The largest absolute Gasteiger partial charge is 0.507 e. The Bertz CT molecular complexity index is 855. The van der Waals surface area contributed by atoms with E-state index in [9.17, 15) is 20.0 Å². The lowest BCUT2D eigenvalue weighted by Gasteiger charge is -2.28. The third-order valence-corrected chi connectivity index (χ3v) is 4.30. The number of rotatable bonds is 3. The minimum absolute atomic E-state index is 0.140. The van der Waals surface area contributed by atoms with Gasteiger partial charge >= 0.3 is 0 Å². The molecule has 0 aliphatic carbocycles. The van der Waals surface area contributed by atoms with E-state index >= 15 is 0 Å². The smallest absolute Gasteiger partial charge is 0.270 e. The van der Waals surface area contributed by atoms with Crippen LogP contribution < -0.4 is 5.32 Å². The van der Waals surface area contributed by atoms with E-state index in [2.05, 4.69) is 5.32 Å². The molecule has 2 rings (SSSR count). The van der Waals surface area contributed by atoms with Gasteiger partial charge in [0.2, 0.25) is 0 Å². The SMILES string of the molecule is CC(C)(C)c1cc(NC(=O)c2cccc([N+](=O)[O-])c2)cc(C(C)(C)C)c1O. The van der Waals surface area contributed by atoms with Crippen molar-refractivity contribution < 1.29 is 14.8 Å². The van der Waals surface area contributed by atoms with Gasteiger partial charge < -0.3 is 10.4 Å². The molecule has 0 spiro atoms. The van der Waals surface area contributed by atoms with Gasteiger partial charge in [0.25, 0.3) is 11.6 Å². The van der Waals surface area contributed by atoms with Crippen LogP contribution in [0.5, 0.6) is 5.75 Å². The van der Waals surface area contributed by atoms with Gasteiger partial charge in [-0.05, 0) is 29.0 Å². The quantitative estimate of drug-likeness (QED) is 0.444. The predicted molar refractivity (Wildman–Crippen MR) is 107 cm³/mol. The van der Waals surface area contributed by atoms with Crippen LogP contribution in [-0.2, 0) is 10.8 Å². The number of carbonyl (C=O) groups excluding carboxylic acids is 1. The Morgan fingerprint density at radius 1 is 1.00 bits per heavy atom. The number of phenols is 1. The molecule has 0 aliphatic heterocycles. The molecule has 2 aromatic rings. The predicted octanol–water partition coefficient (Wildman–Crippen LogP) is 5.15. The van der Waals surface area contributed by atoms with E-state index in [-0.39, 0.29) is 27.8 Å². The highest BCUT2D eigenvalue weighted by Crippen LogP contribution is 2.41. The molecule has 6 heteroatoms. The standard InChI is InChI=1S/C21H26N2O4/c1-20(2,3)16-11-14(12-17(18(16)24)21(4,5)6)22-19(25)13-8-7-9-15(10-13)23(26)27/h7-12,24H,1-6H3,(H,22,25). The Kier molecular flexibility index (Phi) is 5.31. The number of nitro groups is 1. The maximum atomic E-state index is 12.6. The topological polar surface area (TPSA) is 92.5 Å². The summed E-state index contributed by atoms with van der Waals surface area (Å²) in [7, 11) is 0. The van der Waals surface area contributed by atoms with Crippen LogP contribution in [0.4, 0.5) is 11.4 Å². The van der Waals surface area contributed by atoms with Crippen molar-refractivity contribution >= 4 is 17.3 Å². The molecule has 0 saturated carbocycles. The summed E-state index contributed by atoms with van der Waals surface area (Å²) in [5, 5.41) is 24.5. The molecule has 0 bridgehead atoms. The fourth-order valence-corrected chi connectivity index (χ4v) is 2.81. The lowest BCUT2D eigenvalue weighted by Crippen LogP contribution is -2.19. The molecular weight excluding hydrogens is 344 g/mol. The van der Waals surface area contributed by atoms with Crippen LogP contribution in [0.2, 0.25) is 0 Å². The Labute approximate surface area is 159 Å². The maximum Gasteiger partial charge on any atom is 0.270 e. The summed E-state index contributed by atoms with van der Waals surface area (Å²) >= 11 is 0. The number of hydrogen-bond acceptors (Lipinski definition) is 4. The summed E-state index contributed by atoms with van der Waals surface area (Å²) in [4.78, 5) is 23.0. The molecule has 1 amide bonds. The highest BCUT2D eigenvalue weighted by atomic mass is 16.6. The van der Waals surface area contributed by atoms with Gasteiger partial charge in [-0.2, -0.15) is 0 Å². The molecule has 0 aromatic heterocycles. The molecule has 0 unspecified atom stereocenters. The first-order valence-electron chi connectivity index (χ1n) is 8.74. The number of benzene rings is 2. The van der Waals surface area contributed by atoms with E-state index in [4.69, 9.17) is 0 Å². The molecule has 144 valence electrons. The van der Waals surface area contributed by atoms with E-state index < -0.39 is 10.8 Å². The van der Waals surface area contributed by atoms with E-state index in [1.807, 2.05) is 41.5 Å². The zero-order valence-corrected chi connectivity index (χ0v) is 16.6. The van der Waals surface area contributed by atoms with Crippen LogP contribution in [0.25, 0.3) is 0 Å². The Balaban J connectivity index is 2.48. The van der Waals surface area contributed by atoms with Crippen molar-refractivity contribution in [3.63, 3.8) is 0 Å². The second-order valence-electron chi connectivity index (χ2n) is 8.68. The number of nitrogens with zero attached hydrogens (tertiary/aromatic N) is 1. The summed E-state index contributed by atoms with van der Waals surface area (Å²) < 4.78 is 0. The molecule has 0 heterocycles. The third kappa shape index (κ3) is 4.64. The minimum atomic E-state index is -0.535. The number of amides is 1. The van der Waals surface area contributed by atoms with Gasteiger partial charge in [0.05, 0.1) is 4.92 Å². The average molecular weight is 370 g/mol. The molecular formula is C21H26N2O4. The number of hydrogen-bond donors (Lipinski definition) is 2. The van der Waals surface area contributed by atoms with Gasteiger partial charge in [0.15, 0.2) is 0 Å². The number of carbonyl (C=O) groups is 1. The number of anilines is 1. The fraction of sp³-hybridized carbons (Fsp3) is 0.381. The number of aromatic hydroxyl groups is 1. The Hall–Kier alpha value is -2.89. The van der Waals surface area contributed by atoms with Gasteiger partial charge in [-0.3, -0.25) is 14.9 Å². The second-order valence-corrected chi connectivity index (χ2v) is 8.68. The number of non-ortho nitro benzene ring substituents is 1. The highest BCUT2D eigenvalue weighted by molar-refractivity contribution is 6.04. The lowest BCUT2D eigenvalue weighted by molar-refractivity contribution is -0.384. The van der Waals surface area contributed by atoms with Crippen LogP contribution in [0.3, 0.4) is 0 Å². The van der Waals surface area contributed by atoms with Gasteiger partial charge in [0, 0.05) is 34.5 Å². The summed E-state index contributed by atoms with van der Waals surface area (Å²) in [5.74, 6) is -0.215. The van der Waals surface area contributed by atoms with E-state index in [1.165, 1.54) is 24.3 Å². The van der Waals surface area contributed by atoms with Crippen LogP contribution in [0.1, 0.15) is 63.0 Å². The molecule has 0 aliphatic rings. The molecule has 0 radical (unpaired) electrons. The number of phenolic OH excluding ortho intramolecular Hbond substituents is 1. The van der Waals surface area contributed by atoms with Crippen LogP contribution in [0, 0.1) is 10.1 Å². The van der Waals surface area contributed by atoms with Crippen LogP contribution in [0.15, 0.2) is 36.4 Å². The number of nitro benzene ring substituents is 1.